The van der Waals surface area contributed by atoms with E-state index in [0.717, 1.165) is 35.1 Å². The van der Waals surface area contributed by atoms with Gasteiger partial charge < -0.3 is 5.32 Å². The number of hydrogen-bond donors (Lipinski definition) is 1. The lowest BCUT2D eigenvalue weighted by Gasteiger charge is -2.45. The summed E-state index contributed by atoms with van der Waals surface area (Å²) in [7, 11) is 0. The Kier molecular flexibility index (Phi) is 5.68. The van der Waals surface area contributed by atoms with Gasteiger partial charge in [-0.05, 0) is 40.8 Å². The van der Waals surface area contributed by atoms with Crippen molar-refractivity contribution in [2.45, 2.75) is 44.1 Å². The Morgan fingerprint density at radius 2 is 1.31 bits per heavy atom. The van der Waals surface area contributed by atoms with Gasteiger partial charge in [0.2, 0.25) is 17.7 Å². The van der Waals surface area contributed by atoms with E-state index in [0.29, 0.717) is 17.1 Å². The molecule has 36 heavy (non-hydrogen) atoms. The van der Waals surface area contributed by atoms with Crippen LogP contribution in [0, 0.1) is 11.8 Å². The first kappa shape index (κ1) is 23.0. The number of benzene rings is 3. The first-order chi connectivity index (χ1) is 17.5. The predicted molar refractivity (Wildman–Crippen MR) is 139 cm³/mol. The topological polar surface area (TPSA) is 66.5 Å². The Bertz CT molecular complexity index is 1270. The smallest absolute Gasteiger partial charge is 0.247 e. The molecule has 182 valence electrons. The Hall–Kier alpha value is -3.44. The molecule has 6 heteroatoms. The van der Waals surface area contributed by atoms with Gasteiger partial charge in [-0.2, -0.15) is 0 Å². The molecular formula is C30H27ClN2O3. The number of rotatable bonds is 6. The average molecular weight is 499 g/mol. The summed E-state index contributed by atoms with van der Waals surface area (Å²) in [5.74, 6) is -2.22. The lowest BCUT2D eigenvalue weighted by molar-refractivity contribution is -0.147. The molecule has 3 aromatic carbocycles. The fourth-order valence-corrected chi connectivity index (χ4v) is 6.74. The van der Waals surface area contributed by atoms with Crippen molar-refractivity contribution in [2.24, 2.45) is 11.8 Å². The van der Waals surface area contributed by atoms with Gasteiger partial charge in [-0.1, -0.05) is 92.0 Å². The fraction of sp³-hybridized carbons (Fsp3) is 0.300. The van der Waals surface area contributed by atoms with Crippen molar-refractivity contribution >= 4 is 35.0 Å². The zero-order valence-electron chi connectivity index (χ0n) is 20.0. The third-order valence-corrected chi connectivity index (χ3v) is 8.39. The molecule has 3 aromatic rings. The Balaban J connectivity index is 1.41. The molecule has 1 aliphatic heterocycles. The largest absolute Gasteiger partial charge is 0.323 e. The molecule has 1 fully saturated rings. The molecule has 1 saturated heterocycles. The van der Waals surface area contributed by atoms with Crippen LogP contribution >= 0.6 is 11.6 Å². The summed E-state index contributed by atoms with van der Waals surface area (Å²) in [6, 6.07) is 22.4. The summed E-state index contributed by atoms with van der Waals surface area (Å²) >= 11 is 6.28. The van der Waals surface area contributed by atoms with Crippen LogP contribution in [0.4, 0.5) is 5.69 Å². The molecule has 2 bridgehead atoms. The molecule has 5 nitrogen and oxygen atoms in total. The maximum Gasteiger partial charge on any atom is 0.247 e. The Morgan fingerprint density at radius 1 is 0.833 bits per heavy atom. The molecule has 1 N–H and O–H groups in total. The molecule has 0 unspecified atom stereocenters. The first-order valence-corrected chi connectivity index (χ1v) is 13.0. The van der Waals surface area contributed by atoms with Crippen molar-refractivity contribution in [2.75, 3.05) is 5.32 Å². The minimum Gasteiger partial charge on any atom is -0.323 e. The Morgan fingerprint density at radius 3 is 1.78 bits per heavy atom. The quantitative estimate of drug-likeness (QED) is 0.441. The molecule has 3 aliphatic carbocycles. The second kappa shape index (κ2) is 8.90. The van der Waals surface area contributed by atoms with Crippen molar-refractivity contribution in [3.63, 3.8) is 0 Å². The minimum absolute atomic E-state index is 0.188. The van der Waals surface area contributed by atoms with Gasteiger partial charge >= 0.3 is 0 Å². The van der Waals surface area contributed by atoms with Crippen LogP contribution in [0.15, 0.2) is 72.8 Å². The van der Waals surface area contributed by atoms with E-state index in [-0.39, 0.29) is 29.6 Å². The lowest BCUT2D eigenvalue weighted by atomic mass is 9.55. The van der Waals surface area contributed by atoms with Crippen molar-refractivity contribution in [3.05, 3.63) is 100 Å². The third kappa shape index (κ3) is 3.33. The van der Waals surface area contributed by atoms with Crippen LogP contribution in [-0.4, -0.2) is 28.7 Å². The van der Waals surface area contributed by atoms with Crippen LogP contribution in [-0.2, 0) is 14.4 Å². The number of nitrogens with one attached hydrogen (secondary N) is 1. The summed E-state index contributed by atoms with van der Waals surface area (Å²) in [6.45, 7) is 2.03. The van der Waals surface area contributed by atoms with E-state index in [4.69, 9.17) is 11.6 Å². The van der Waals surface area contributed by atoms with Crippen molar-refractivity contribution in [1.29, 1.82) is 0 Å². The molecular weight excluding hydrogens is 472 g/mol. The summed E-state index contributed by atoms with van der Waals surface area (Å²) in [5, 5.41) is 3.29. The van der Waals surface area contributed by atoms with Gasteiger partial charge in [0.05, 0.1) is 22.5 Å². The number of imide groups is 1. The highest BCUT2D eigenvalue weighted by Gasteiger charge is 2.62. The van der Waals surface area contributed by atoms with Crippen molar-refractivity contribution in [3.8, 4) is 0 Å². The van der Waals surface area contributed by atoms with Crippen molar-refractivity contribution in [1.82, 2.24) is 4.90 Å². The predicted octanol–water partition coefficient (Wildman–Crippen LogP) is 5.73. The molecule has 0 spiro atoms. The zero-order valence-corrected chi connectivity index (χ0v) is 20.7. The zero-order chi connectivity index (χ0) is 25.0. The van der Waals surface area contributed by atoms with Gasteiger partial charge in [0, 0.05) is 11.8 Å². The number of carbonyl (C=O) groups excluding carboxylic acids is 3. The summed E-state index contributed by atoms with van der Waals surface area (Å²) in [6.07, 6.45) is 1.99. The van der Waals surface area contributed by atoms with Crippen LogP contribution in [0.25, 0.3) is 0 Å². The fourth-order valence-electron chi connectivity index (χ4n) is 6.56. The number of unbranched alkanes of at least 4 members (excludes halogenated alkanes) is 1. The van der Waals surface area contributed by atoms with Crippen LogP contribution in [0.2, 0.25) is 5.02 Å². The van der Waals surface area contributed by atoms with Crippen LogP contribution < -0.4 is 5.32 Å². The van der Waals surface area contributed by atoms with Gasteiger partial charge in [-0.15, -0.1) is 0 Å². The highest BCUT2D eigenvalue weighted by Crippen LogP contribution is 2.61. The average Bonchev–Trinajstić information content (AvgIpc) is 3.16. The Labute approximate surface area is 215 Å². The van der Waals surface area contributed by atoms with E-state index >= 15 is 0 Å². The molecule has 4 aliphatic rings. The molecule has 3 atom stereocenters. The minimum atomic E-state index is -0.877. The van der Waals surface area contributed by atoms with Gasteiger partial charge in [0.1, 0.15) is 6.04 Å². The molecule has 1 heterocycles. The van der Waals surface area contributed by atoms with Gasteiger partial charge in [0.25, 0.3) is 0 Å². The van der Waals surface area contributed by atoms with E-state index in [1.165, 1.54) is 4.90 Å². The van der Waals surface area contributed by atoms with E-state index in [1.807, 2.05) is 31.2 Å². The number of amides is 3. The maximum absolute atomic E-state index is 14.1. The number of hydrogen-bond acceptors (Lipinski definition) is 3. The number of likely N-dealkylation sites (tertiary alicyclic amines) is 1. The van der Waals surface area contributed by atoms with Crippen LogP contribution in [0.1, 0.15) is 60.3 Å². The number of para-hydroxylation sites is 1. The normalized spacial score (nSPS) is 24.2. The first-order valence-electron chi connectivity index (χ1n) is 12.6. The molecule has 0 saturated carbocycles. The summed E-state index contributed by atoms with van der Waals surface area (Å²) in [4.78, 5) is 43.0. The second-order valence-electron chi connectivity index (χ2n) is 9.94. The number of anilines is 1. The number of carbonyl (C=O) groups is 3. The van der Waals surface area contributed by atoms with Gasteiger partial charge in [-0.25, -0.2) is 0 Å². The number of nitrogens with zero attached hydrogens (tertiary/aromatic N) is 1. The SMILES string of the molecule is CCCC[C@H](C(=O)Nc1ccccc1Cl)N1C(=O)[C@@H]2C3c4ccccc4C(c4ccccc43)[C@H]2C1=O. The monoisotopic (exact) mass is 498 g/mol. The third-order valence-electron chi connectivity index (χ3n) is 8.06. The van der Waals surface area contributed by atoms with E-state index in [1.54, 1.807) is 24.3 Å². The number of halogens is 1. The molecule has 7 rings (SSSR count). The summed E-state index contributed by atoms with van der Waals surface area (Å²) < 4.78 is 0. The highest BCUT2D eigenvalue weighted by molar-refractivity contribution is 6.33. The highest BCUT2D eigenvalue weighted by atomic mass is 35.5. The van der Waals surface area contributed by atoms with Crippen LogP contribution in [0.3, 0.4) is 0 Å². The maximum atomic E-state index is 14.1. The van der Waals surface area contributed by atoms with Crippen molar-refractivity contribution < 1.29 is 14.4 Å². The van der Waals surface area contributed by atoms with Gasteiger partial charge in [-0.3, -0.25) is 19.3 Å². The molecule has 0 radical (unpaired) electrons. The van der Waals surface area contributed by atoms with E-state index in [9.17, 15) is 14.4 Å². The second-order valence-corrected chi connectivity index (χ2v) is 10.3. The molecule has 0 aromatic heterocycles. The summed E-state index contributed by atoms with van der Waals surface area (Å²) in [5.41, 5.74) is 4.96. The van der Waals surface area contributed by atoms with E-state index in [2.05, 4.69) is 29.6 Å². The molecule has 3 amide bonds. The standard InChI is InChI=1S/C30H27ClN2O3/c1-2-3-16-23(28(34)32-22-15-9-8-14-21(22)31)33-29(35)26-24-17-10-4-5-11-18(17)25(27(26)30(33)36)20-13-7-6-12-19(20)24/h4-15,23-27H,2-3,16H2,1H3,(H,32,34)/t23-,24?,25?,26-,27-/m1/s1. The lowest BCUT2D eigenvalue weighted by Crippen LogP contribution is -2.48. The van der Waals surface area contributed by atoms with Gasteiger partial charge in [0.15, 0.2) is 0 Å². The van der Waals surface area contributed by atoms with E-state index < -0.39 is 17.9 Å². The van der Waals surface area contributed by atoms with Crippen LogP contribution in [0.5, 0.6) is 0 Å².